The summed E-state index contributed by atoms with van der Waals surface area (Å²) in [5.41, 5.74) is 1.16. The first-order chi connectivity index (χ1) is 10.2. The lowest BCUT2D eigenvalue weighted by atomic mass is 9.50. The molecule has 0 spiro atoms. The average Bonchev–Trinajstić information content (AvgIpc) is 2.45. The molecule has 1 nitrogen and oxygen atoms in total. The van der Waals surface area contributed by atoms with Gasteiger partial charge in [0.1, 0.15) is 5.82 Å². The molecule has 4 aliphatic carbocycles. The molecule has 4 saturated carbocycles. The summed E-state index contributed by atoms with van der Waals surface area (Å²) in [4.78, 5) is 0. The van der Waals surface area contributed by atoms with Crippen LogP contribution in [0.3, 0.4) is 0 Å². The fourth-order valence-electron chi connectivity index (χ4n) is 5.91. The quantitative estimate of drug-likeness (QED) is 0.856. The summed E-state index contributed by atoms with van der Waals surface area (Å²) in [5.74, 6) is 4.36. The molecule has 1 unspecified atom stereocenters. The van der Waals surface area contributed by atoms with E-state index in [1.165, 1.54) is 32.1 Å². The lowest BCUT2D eigenvalue weighted by molar-refractivity contribution is -0.0523. The average molecular weight is 287 g/mol. The monoisotopic (exact) mass is 287 g/mol. The molecule has 0 aliphatic heterocycles. The van der Waals surface area contributed by atoms with Gasteiger partial charge in [-0.05, 0) is 85.9 Å². The Bertz CT molecular complexity index is 484. The molecule has 4 aliphatic rings. The van der Waals surface area contributed by atoms with Crippen LogP contribution in [-0.4, -0.2) is 6.54 Å². The number of rotatable bonds is 4. The van der Waals surface area contributed by atoms with Crippen molar-refractivity contribution >= 4 is 0 Å². The van der Waals surface area contributed by atoms with E-state index in [1.807, 2.05) is 6.07 Å². The fraction of sp³-hybridized carbons (Fsp3) is 0.684. The van der Waals surface area contributed by atoms with Crippen molar-refractivity contribution in [3.63, 3.8) is 0 Å². The molecule has 1 N–H and O–H groups in total. The van der Waals surface area contributed by atoms with Crippen molar-refractivity contribution in [2.75, 3.05) is 6.54 Å². The van der Waals surface area contributed by atoms with Crippen LogP contribution in [-0.2, 0) is 0 Å². The molecule has 4 fully saturated rings. The van der Waals surface area contributed by atoms with E-state index in [2.05, 4.69) is 18.3 Å². The topological polar surface area (TPSA) is 12.0 Å². The highest BCUT2D eigenvalue weighted by atomic mass is 19.1. The van der Waals surface area contributed by atoms with Crippen molar-refractivity contribution in [1.29, 1.82) is 0 Å². The second-order valence-corrected chi connectivity index (χ2v) is 7.60. The van der Waals surface area contributed by atoms with E-state index in [4.69, 9.17) is 0 Å². The van der Waals surface area contributed by atoms with Gasteiger partial charge in [0.25, 0.3) is 0 Å². The van der Waals surface area contributed by atoms with Crippen molar-refractivity contribution in [2.24, 2.45) is 29.6 Å². The summed E-state index contributed by atoms with van der Waals surface area (Å²) >= 11 is 0. The summed E-state index contributed by atoms with van der Waals surface area (Å²) in [6, 6.07) is 7.63. The Labute approximate surface area is 127 Å². The number of halogens is 1. The molecule has 0 amide bonds. The maximum absolute atomic E-state index is 13.7. The largest absolute Gasteiger partial charge is 0.310 e. The Morgan fingerprint density at radius 1 is 1.10 bits per heavy atom. The Morgan fingerprint density at radius 2 is 1.76 bits per heavy atom. The molecule has 0 heterocycles. The van der Waals surface area contributed by atoms with Crippen LogP contribution in [0.2, 0.25) is 0 Å². The second kappa shape index (κ2) is 5.39. The Hall–Kier alpha value is -0.890. The molecule has 1 aromatic carbocycles. The van der Waals surface area contributed by atoms with Gasteiger partial charge in [0.2, 0.25) is 0 Å². The van der Waals surface area contributed by atoms with Gasteiger partial charge in [-0.1, -0.05) is 19.1 Å². The minimum Gasteiger partial charge on any atom is -0.310 e. The van der Waals surface area contributed by atoms with Crippen LogP contribution >= 0.6 is 0 Å². The maximum atomic E-state index is 13.7. The first-order valence-electron chi connectivity index (χ1n) is 8.73. The van der Waals surface area contributed by atoms with Crippen molar-refractivity contribution in [1.82, 2.24) is 5.32 Å². The molecule has 21 heavy (non-hydrogen) atoms. The lowest BCUT2D eigenvalue weighted by Crippen LogP contribution is -2.49. The maximum Gasteiger partial charge on any atom is 0.123 e. The molecular weight excluding hydrogens is 261 g/mol. The zero-order valence-corrected chi connectivity index (χ0v) is 12.9. The third kappa shape index (κ3) is 2.42. The minimum absolute atomic E-state index is 0.0979. The Balaban J connectivity index is 1.65. The van der Waals surface area contributed by atoms with Crippen LogP contribution in [0.5, 0.6) is 0 Å². The molecule has 1 aromatic rings. The van der Waals surface area contributed by atoms with Gasteiger partial charge in [0.05, 0.1) is 0 Å². The van der Waals surface area contributed by atoms with Crippen LogP contribution in [0.4, 0.5) is 4.39 Å². The Morgan fingerprint density at radius 3 is 2.33 bits per heavy atom. The molecule has 1 atom stereocenters. The normalized spacial score (nSPS) is 38.7. The van der Waals surface area contributed by atoms with E-state index in [0.717, 1.165) is 41.7 Å². The standard InChI is InChI=1S/C19H26FN/c1-2-21-19(14-4-3-5-17(20)11-14)18-15-7-12-6-13(9-15)10-16(18)8-12/h3-5,11-13,15-16,18-19,21H,2,6-10H2,1H3. The molecule has 0 aromatic heterocycles. The van der Waals surface area contributed by atoms with Gasteiger partial charge in [-0.15, -0.1) is 0 Å². The zero-order chi connectivity index (χ0) is 14.4. The lowest BCUT2D eigenvalue weighted by Gasteiger charge is -2.56. The van der Waals surface area contributed by atoms with Crippen LogP contribution in [0.1, 0.15) is 50.6 Å². The minimum atomic E-state index is -0.0979. The fourth-order valence-corrected chi connectivity index (χ4v) is 5.91. The highest BCUT2D eigenvalue weighted by Gasteiger charge is 2.50. The zero-order valence-electron chi connectivity index (χ0n) is 12.9. The van der Waals surface area contributed by atoms with Crippen LogP contribution < -0.4 is 5.32 Å². The van der Waals surface area contributed by atoms with E-state index in [9.17, 15) is 4.39 Å². The van der Waals surface area contributed by atoms with Crippen LogP contribution in [0.25, 0.3) is 0 Å². The van der Waals surface area contributed by atoms with Crippen molar-refractivity contribution in [3.05, 3.63) is 35.6 Å². The molecule has 4 bridgehead atoms. The highest BCUT2D eigenvalue weighted by molar-refractivity contribution is 5.22. The number of nitrogens with one attached hydrogen (secondary N) is 1. The first-order valence-corrected chi connectivity index (χ1v) is 8.73. The third-order valence-electron chi connectivity index (χ3n) is 6.32. The predicted octanol–water partition coefficient (Wildman–Crippen LogP) is 4.55. The van der Waals surface area contributed by atoms with Gasteiger partial charge < -0.3 is 5.32 Å². The summed E-state index contributed by atoms with van der Waals surface area (Å²) in [6.07, 6.45) is 7.19. The molecule has 0 saturated heterocycles. The molecular formula is C19H26FN. The smallest absolute Gasteiger partial charge is 0.123 e. The van der Waals surface area contributed by atoms with Gasteiger partial charge in [-0.3, -0.25) is 0 Å². The van der Waals surface area contributed by atoms with Crippen LogP contribution in [0.15, 0.2) is 24.3 Å². The molecule has 2 heteroatoms. The highest BCUT2D eigenvalue weighted by Crippen LogP contribution is 2.59. The summed E-state index contributed by atoms with van der Waals surface area (Å²) in [7, 11) is 0. The van der Waals surface area contributed by atoms with Gasteiger partial charge in [-0.2, -0.15) is 0 Å². The van der Waals surface area contributed by atoms with E-state index in [0.29, 0.717) is 6.04 Å². The second-order valence-electron chi connectivity index (χ2n) is 7.60. The van der Waals surface area contributed by atoms with Gasteiger partial charge in [-0.25, -0.2) is 4.39 Å². The number of hydrogen-bond donors (Lipinski definition) is 1. The van der Waals surface area contributed by atoms with Crippen molar-refractivity contribution in [3.8, 4) is 0 Å². The Kier molecular flexibility index (Phi) is 3.53. The summed E-state index contributed by atoms with van der Waals surface area (Å²) in [5, 5.41) is 3.69. The van der Waals surface area contributed by atoms with E-state index in [-0.39, 0.29) is 5.82 Å². The van der Waals surface area contributed by atoms with Gasteiger partial charge in [0.15, 0.2) is 0 Å². The van der Waals surface area contributed by atoms with Crippen molar-refractivity contribution < 1.29 is 4.39 Å². The van der Waals surface area contributed by atoms with Crippen molar-refractivity contribution in [2.45, 2.75) is 45.1 Å². The summed E-state index contributed by atoms with van der Waals surface area (Å²) < 4.78 is 13.7. The van der Waals surface area contributed by atoms with Gasteiger partial charge in [0, 0.05) is 6.04 Å². The predicted molar refractivity (Wildman–Crippen MR) is 83.4 cm³/mol. The number of benzene rings is 1. The first kappa shape index (κ1) is 13.8. The van der Waals surface area contributed by atoms with Gasteiger partial charge >= 0.3 is 0 Å². The molecule has 114 valence electrons. The molecule has 5 rings (SSSR count). The number of hydrogen-bond acceptors (Lipinski definition) is 1. The SMILES string of the molecule is CCNC(c1cccc(F)c1)C1C2CC3CC(C2)CC1C3. The third-order valence-corrected chi connectivity index (χ3v) is 6.32. The van der Waals surface area contributed by atoms with E-state index < -0.39 is 0 Å². The van der Waals surface area contributed by atoms with E-state index >= 15 is 0 Å². The van der Waals surface area contributed by atoms with Crippen LogP contribution in [0, 0.1) is 35.4 Å². The summed E-state index contributed by atoms with van der Waals surface area (Å²) in [6.45, 7) is 3.13. The van der Waals surface area contributed by atoms with E-state index in [1.54, 1.807) is 12.1 Å². The molecule has 0 radical (unpaired) electrons.